The lowest BCUT2D eigenvalue weighted by Gasteiger charge is -2.21. The van der Waals surface area contributed by atoms with Gasteiger partial charge < -0.3 is 25.5 Å². The van der Waals surface area contributed by atoms with Crippen LogP contribution in [0.5, 0.6) is 0 Å². The van der Waals surface area contributed by atoms with Crippen molar-refractivity contribution in [1.29, 1.82) is 0 Å². The van der Waals surface area contributed by atoms with Gasteiger partial charge in [0.2, 0.25) is 0 Å². The SMILES string of the molecule is CN=C(NCCCN1CCCN(C)CC1)NCC(CO)c1ccccc1. The van der Waals surface area contributed by atoms with Gasteiger partial charge in [0.25, 0.3) is 0 Å². The first-order chi connectivity index (χ1) is 12.7. The highest BCUT2D eigenvalue weighted by atomic mass is 16.3. The van der Waals surface area contributed by atoms with E-state index in [9.17, 15) is 5.11 Å². The summed E-state index contributed by atoms with van der Waals surface area (Å²) in [5, 5.41) is 16.4. The number of aliphatic hydroxyl groups excluding tert-OH is 1. The summed E-state index contributed by atoms with van der Waals surface area (Å²) in [6.45, 7) is 7.56. The molecule has 26 heavy (non-hydrogen) atoms. The van der Waals surface area contributed by atoms with Crippen molar-refractivity contribution in [1.82, 2.24) is 20.4 Å². The van der Waals surface area contributed by atoms with Crippen LogP contribution in [0.4, 0.5) is 0 Å². The number of benzene rings is 1. The fourth-order valence-electron chi connectivity index (χ4n) is 3.29. The van der Waals surface area contributed by atoms with E-state index in [4.69, 9.17) is 0 Å². The molecule has 146 valence electrons. The van der Waals surface area contributed by atoms with E-state index in [1.807, 2.05) is 18.2 Å². The molecule has 1 heterocycles. The fraction of sp³-hybridized carbons (Fsp3) is 0.650. The van der Waals surface area contributed by atoms with Crippen LogP contribution in [0.3, 0.4) is 0 Å². The monoisotopic (exact) mass is 361 g/mol. The molecule has 0 amide bonds. The molecule has 2 rings (SSSR count). The number of nitrogens with one attached hydrogen (secondary N) is 2. The predicted octanol–water partition coefficient (Wildman–Crippen LogP) is 0.955. The van der Waals surface area contributed by atoms with Gasteiger partial charge in [0.1, 0.15) is 0 Å². The first-order valence-corrected chi connectivity index (χ1v) is 9.74. The van der Waals surface area contributed by atoms with Crippen LogP contribution in [0, 0.1) is 0 Å². The van der Waals surface area contributed by atoms with E-state index in [2.05, 4.69) is 44.6 Å². The van der Waals surface area contributed by atoms with Crippen LogP contribution in [0.25, 0.3) is 0 Å². The summed E-state index contributed by atoms with van der Waals surface area (Å²) in [6.07, 6.45) is 2.36. The van der Waals surface area contributed by atoms with E-state index < -0.39 is 0 Å². The van der Waals surface area contributed by atoms with Gasteiger partial charge in [-0.15, -0.1) is 0 Å². The Bertz CT molecular complexity index is 522. The Morgan fingerprint density at radius 2 is 1.96 bits per heavy atom. The van der Waals surface area contributed by atoms with Crippen molar-refractivity contribution in [3.05, 3.63) is 35.9 Å². The second-order valence-corrected chi connectivity index (χ2v) is 7.02. The molecule has 1 aromatic carbocycles. The molecule has 1 aliphatic rings. The Morgan fingerprint density at radius 1 is 1.15 bits per heavy atom. The van der Waals surface area contributed by atoms with Crippen LogP contribution in [0.1, 0.15) is 24.3 Å². The minimum Gasteiger partial charge on any atom is -0.396 e. The number of guanidine groups is 1. The van der Waals surface area contributed by atoms with Gasteiger partial charge in [0.15, 0.2) is 5.96 Å². The van der Waals surface area contributed by atoms with Crippen LogP contribution < -0.4 is 10.6 Å². The van der Waals surface area contributed by atoms with Gasteiger partial charge in [-0.25, -0.2) is 0 Å². The maximum absolute atomic E-state index is 9.66. The molecule has 0 aromatic heterocycles. The van der Waals surface area contributed by atoms with E-state index in [0.29, 0.717) is 6.54 Å². The molecule has 0 aliphatic carbocycles. The van der Waals surface area contributed by atoms with Crippen molar-refractivity contribution in [2.45, 2.75) is 18.8 Å². The summed E-state index contributed by atoms with van der Waals surface area (Å²) in [5.41, 5.74) is 1.14. The second-order valence-electron chi connectivity index (χ2n) is 7.02. The lowest BCUT2D eigenvalue weighted by Crippen LogP contribution is -2.41. The summed E-state index contributed by atoms with van der Waals surface area (Å²) >= 11 is 0. The Kier molecular flexibility index (Phi) is 9.45. The Hall–Kier alpha value is -1.63. The number of hydrogen-bond acceptors (Lipinski definition) is 4. The van der Waals surface area contributed by atoms with Crippen molar-refractivity contribution in [3.8, 4) is 0 Å². The standard InChI is InChI=1S/C20H35N5O/c1-21-20(23-16-19(17-26)18-8-4-3-5-9-18)22-10-6-12-25-13-7-11-24(2)14-15-25/h3-5,8-9,19,26H,6-7,10-17H2,1-2H3,(H2,21,22,23). The topological polar surface area (TPSA) is 63.1 Å². The quantitative estimate of drug-likeness (QED) is 0.366. The highest BCUT2D eigenvalue weighted by Crippen LogP contribution is 2.13. The molecule has 1 aliphatic heterocycles. The number of likely N-dealkylation sites (N-methyl/N-ethyl adjacent to an activating group) is 1. The molecule has 1 aromatic rings. The number of aliphatic hydroxyl groups is 1. The van der Waals surface area contributed by atoms with E-state index in [-0.39, 0.29) is 12.5 Å². The minimum absolute atomic E-state index is 0.0730. The van der Waals surface area contributed by atoms with Crippen molar-refractivity contribution in [2.75, 3.05) is 66.5 Å². The van der Waals surface area contributed by atoms with Crippen LogP contribution >= 0.6 is 0 Å². The molecule has 0 radical (unpaired) electrons. The van der Waals surface area contributed by atoms with Crippen molar-refractivity contribution in [2.24, 2.45) is 4.99 Å². The summed E-state index contributed by atoms with van der Waals surface area (Å²) in [7, 11) is 3.99. The van der Waals surface area contributed by atoms with Gasteiger partial charge in [0.05, 0.1) is 6.61 Å². The van der Waals surface area contributed by atoms with Crippen LogP contribution in [0.2, 0.25) is 0 Å². The van der Waals surface area contributed by atoms with E-state index in [1.54, 1.807) is 7.05 Å². The maximum Gasteiger partial charge on any atom is 0.191 e. The lowest BCUT2D eigenvalue weighted by molar-refractivity contribution is 0.265. The number of nitrogens with zero attached hydrogens (tertiary/aromatic N) is 3. The molecule has 1 fully saturated rings. The van der Waals surface area contributed by atoms with Gasteiger partial charge in [0, 0.05) is 39.1 Å². The van der Waals surface area contributed by atoms with Crippen molar-refractivity contribution in [3.63, 3.8) is 0 Å². The lowest BCUT2D eigenvalue weighted by atomic mass is 10.0. The maximum atomic E-state index is 9.66. The van der Waals surface area contributed by atoms with Gasteiger partial charge in [-0.05, 0) is 45.1 Å². The smallest absolute Gasteiger partial charge is 0.191 e. The zero-order chi connectivity index (χ0) is 18.6. The third-order valence-electron chi connectivity index (χ3n) is 4.99. The molecule has 1 atom stereocenters. The van der Waals surface area contributed by atoms with Gasteiger partial charge in [-0.1, -0.05) is 30.3 Å². The minimum atomic E-state index is 0.0730. The van der Waals surface area contributed by atoms with Crippen LogP contribution in [0.15, 0.2) is 35.3 Å². The van der Waals surface area contributed by atoms with Crippen LogP contribution in [-0.2, 0) is 0 Å². The van der Waals surface area contributed by atoms with E-state index in [1.165, 1.54) is 32.6 Å². The summed E-state index contributed by atoms with van der Waals surface area (Å²) in [6, 6.07) is 10.1. The van der Waals surface area contributed by atoms with Gasteiger partial charge in [-0.2, -0.15) is 0 Å². The summed E-state index contributed by atoms with van der Waals surface area (Å²) in [5.74, 6) is 0.874. The van der Waals surface area contributed by atoms with Crippen molar-refractivity contribution < 1.29 is 5.11 Å². The average molecular weight is 362 g/mol. The number of aliphatic imine (C=N–C) groups is 1. The molecule has 0 saturated carbocycles. The first-order valence-electron chi connectivity index (χ1n) is 9.74. The number of hydrogen-bond donors (Lipinski definition) is 3. The summed E-state index contributed by atoms with van der Waals surface area (Å²) < 4.78 is 0. The molecule has 0 bridgehead atoms. The normalized spacial score (nSPS) is 18.3. The first kappa shape index (κ1) is 20.7. The molecular formula is C20H35N5O. The van der Waals surface area contributed by atoms with Crippen LogP contribution in [-0.4, -0.2) is 87.4 Å². The average Bonchev–Trinajstić information content (AvgIpc) is 2.89. The molecule has 3 N–H and O–H groups in total. The molecule has 1 saturated heterocycles. The Balaban J connectivity index is 1.66. The third kappa shape index (κ3) is 7.32. The predicted molar refractivity (Wildman–Crippen MR) is 109 cm³/mol. The second kappa shape index (κ2) is 11.9. The van der Waals surface area contributed by atoms with Crippen molar-refractivity contribution >= 4 is 5.96 Å². The fourth-order valence-corrected chi connectivity index (χ4v) is 3.29. The van der Waals surface area contributed by atoms with Gasteiger partial charge in [-0.3, -0.25) is 4.99 Å². The van der Waals surface area contributed by atoms with Gasteiger partial charge >= 0.3 is 0 Å². The van der Waals surface area contributed by atoms with E-state index in [0.717, 1.165) is 31.0 Å². The number of rotatable bonds is 8. The molecule has 6 nitrogen and oxygen atoms in total. The highest BCUT2D eigenvalue weighted by molar-refractivity contribution is 5.79. The molecular weight excluding hydrogens is 326 g/mol. The zero-order valence-electron chi connectivity index (χ0n) is 16.3. The highest BCUT2D eigenvalue weighted by Gasteiger charge is 2.12. The molecule has 6 heteroatoms. The Labute approximate surface area is 158 Å². The zero-order valence-corrected chi connectivity index (χ0v) is 16.3. The third-order valence-corrected chi connectivity index (χ3v) is 4.99. The molecule has 0 spiro atoms. The largest absolute Gasteiger partial charge is 0.396 e. The molecule has 1 unspecified atom stereocenters. The Morgan fingerprint density at radius 3 is 2.69 bits per heavy atom. The van der Waals surface area contributed by atoms with E-state index >= 15 is 0 Å². The summed E-state index contributed by atoms with van der Waals surface area (Å²) in [4.78, 5) is 9.25.